The summed E-state index contributed by atoms with van der Waals surface area (Å²) in [5.74, 6) is 0.572. The molecule has 2 nitrogen and oxygen atoms in total. The van der Waals surface area contributed by atoms with Crippen molar-refractivity contribution in [3.8, 4) is 0 Å². The van der Waals surface area contributed by atoms with Crippen LogP contribution in [0.1, 0.15) is 59.4 Å². The van der Waals surface area contributed by atoms with E-state index in [9.17, 15) is 0 Å². The van der Waals surface area contributed by atoms with E-state index in [0.717, 1.165) is 11.9 Å². The van der Waals surface area contributed by atoms with Gasteiger partial charge < -0.3 is 9.31 Å². The Morgan fingerprint density at radius 2 is 1.68 bits per heavy atom. The Labute approximate surface area is 117 Å². The molecule has 1 saturated heterocycles. The van der Waals surface area contributed by atoms with Gasteiger partial charge in [-0.3, -0.25) is 0 Å². The summed E-state index contributed by atoms with van der Waals surface area (Å²) in [6, 6.07) is 8.59. The topological polar surface area (TPSA) is 18.5 Å². The van der Waals surface area contributed by atoms with Gasteiger partial charge in [-0.05, 0) is 51.1 Å². The Bertz CT molecular complexity index is 438. The zero-order valence-electron chi connectivity index (χ0n) is 13.0. The van der Waals surface area contributed by atoms with Gasteiger partial charge in [-0.2, -0.15) is 0 Å². The second-order valence-corrected chi connectivity index (χ2v) is 6.57. The third kappa shape index (κ3) is 2.73. The van der Waals surface area contributed by atoms with Gasteiger partial charge in [-0.1, -0.05) is 38.1 Å². The smallest absolute Gasteiger partial charge is 0.399 e. The van der Waals surface area contributed by atoms with Crippen molar-refractivity contribution in [2.24, 2.45) is 0 Å². The Morgan fingerprint density at radius 1 is 1.11 bits per heavy atom. The maximum Gasteiger partial charge on any atom is 0.494 e. The first-order chi connectivity index (χ1) is 8.77. The van der Waals surface area contributed by atoms with Gasteiger partial charge in [0, 0.05) is 0 Å². The van der Waals surface area contributed by atoms with Crippen molar-refractivity contribution in [3.63, 3.8) is 0 Å². The minimum Gasteiger partial charge on any atom is -0.399 e. The third-order valence-electron chi connectivity index (χ3n) is 4.62. The van der Waals surface area contributed by atoms with Crippen LogP contribution in [-0.2, 0) is 9.31 Å². The highest BCUT2D eigenvalue weighted by Crippen LogP contribution is 2.36. The fourth-order valence-corrected chi connectivity index (χ4v) is 2.23. The molecule has 0 saturated carbocycles. The highest BCUT2D eigenvalue weighted by Gasteiger charge is 2.51. The minimum absolute atomic E-state index is 0.256. The van der Waals surface area contributed by atoms with E-state index in [4.69, 9.17) is 9.31 Å². The number of hydrogen-bond acceptors (Lipinski definition) is 2. The lowest BCUT2D eigenvalue weighted by Gasteiger charge is -2.32. The maximum atomic E-state index is 6.10. The van der Waals surface area contributed by atoms with Crippen molar-refractivity contribution >= 4 is 12.6 Å². The van der Waals surface area contributed by atoms with Gasteiger partial charge in [0.25, 0.3) is 0 Å². The van der Waals surface area contributed by atoms with Gasteiger partial charge in [0.05, 0.1) is 11.2 Å². The van der Waals surface area contributed by atoms with E-state index in [-0.39, 0.29) is 18.3 Å². The highest BCUT2D eigenvalue weighted by molar-refractivity contribution is 6.62. The fraction of sp³-hybridized carbons (Fsp3) is 0.625. The molecule has 1 unspecified atom stereocenters. The lowest BCUT2D eigenvalue weighted by atomic mass is 9.77. The normalized spacial score (nSPS) is 22.5. The van der Waals surface area contributed by atoms with Crippen molar-refractivity contribution in [2.75, 3.05) is 0 Å². The van der Waals surface area contributed by atoms with Crippen LogP contribution in [-0.4, -0.2) is 18.3 Å². The SMILES string of the molecule is CCC(C)c1cccc(B2OC(C)(C)C(C)(C)O2)c1. The second-order valence-electron chi connectivity index (χ2n) is 6.57. The van der Waals surface area contributed by atoms with Gasteiger partial charge in [0.15, 0.2) is 0 Å². The molecule has 1 atom stereocenters. The highest BCUT2D eigenvalue weighted by atomic mass is 16.7. The molecule has 1 aromatic rings. The molecule has 1 aliphatic rings. The summed E-state index contributed by atoms with van der Waals surface area (Å²) in [5, 5.41) is 0. The van der Waals surface area contributed by atoms with Gasteiger partial charge in [-0.25, -0.2) is 0 Å². The van der Waals surface area contributed by atoms with Gasteiger partial charge in [0.2, 0.25) is 0 Å². The molecule has 0 aliphatic carbocycles. The summed E-state index contributed by atoms with van der Waals surface area (Å²) >= 11 is 0. The molecule has 0 N–H and O–H groups in total. The molecule has 1 aliphatic heterocycles. The van der Waals surface area contributed by atoms with Crippen LogP contribution in [0, 0.1) is 0 Å². The maximum absolute atomic E-state index is 6.10. The molecule has 104 valence electrons. The van der Waals surface area contributed by atoms with E-state index in [2.05, 4.69) is 65.8 Å². The van der Waals surface area contributed by atoms with E-state index >= 15 is 0 Å². The zero-order chi connectivity index (χ0) is 14.3. The largest absolute Gasteiger partial charge is 0.494 e. The van der Waals surface area contributed by atoms with Crippen LogP contribution in [0.4, 0.5) is 0 Å². The summed E-state index contributed by atoms with van der Waals surface area (Å²) in [7, 11) is -0.256. The molecule has 0 aromatic heterocycles. The molecule has 0 bridgehead atoms. The van der Waals surface area contributed by atoms with Crippen LogP contribution in [0.15, 0.2) is 24.3 Å². The standard InChI is InChI=1S/C16H25BO2/c1-7-12(2)13-9-8-10-14(11-13)17-18-15(3,4)16(5,6)19-17/h8-12H,7H2,1-6H3. The Kier molecular flexibility index (Phi) is 3.81. The average Bonchev–Trinajstić information content (AvgIpc) is 2.58. The molecule has 1 fully saturated rings. The van der Waals surface area contributed by atoms with Crippen molar-refractivity contribution < 1.29 is 9.31 Å². The van der Waals surface area contributed by atoms with Crippen LogP contribution in [0.3, 0.4) is 0 Å². The lowest BCUT2D eigenvalue weighted by Crippen LogP contribution is -2.41. The van der Waals surface area contributed by atoms with Crippen LogP contribution in [0.25, 0.3) is 0 Å². The van der Waals surface area contributed by atoms with Gasteiger partial charge in [0.1, 0.15) is 0 Å². The second kappa shape index (κ2) is 4.95. The number of rotatable bonds is 3. The predicted molar refractivity (Wildman–Crippen MR) is 80.9 cm³/mol. The van der Waals surface area contributed by atoms with Crippen LogP contribution in [0.2, 0.25) is 0 Å². The van der Waals surface area contributed by atoms with Crippen molar-refractivity contribution in [1.29, 1.82) is 0 Å². The lowest BCUT2D eigenvalue weighted by molar-refractivity contribution is 0.00578. The third-order valence-corrected chi connectivity index (χ3v) is 4.62. The molecule has 3 heteroatoms. The summed E-state index contributed by atoms with van der Waals surface area (Å²) in [6.45, 7) is 12.8. The van der Waals surface area contributed by atoms with Crippen molar-refractivity contribution in [1.82, 2.24) is 0 Å². The zero-order valence-corrected chi connectivity index (χ0v) is 13.0. The number of hydrogen-bond donors (Lipinski definition) is 0. The average molecular weight is 260 g/mol. The molecular formula is C16H25BO2. The molecule has 0 amide bonds. The summed E-state index contributed by atoms with van der Waals surface area (Å²) in [5.41, 5.74) is 1.93. The molecule has 2 rings (SSSR count). The monoisotopic (exact) mass is 260 g/mol. The van der Waals surface area contributed by atoms with Gasteiger partial charge >= 0.3 is 7.12 Å². The van der Waals surface area contributed by atoms with Crippen molar-refractivity contribution in [2.45, 2.75) is 65.1 Å². The van der Waals surface area contributed by atoms with Gasteiger partial charge in [-0.15, -0.1) is 0 Å². The Balaban J connectivity index is 2.25. The first-order valence-corrected chi connectivity index (χ1v) is 7.22. The first-order valence-electron chi connectivity index (χ1n) is 7.22. The van der Waals surface area contributed by atoms with Crippen LogP contribution >= 0.6 is 0 Å². The van der Waals surface area contributed by atoms with E-state index < -0.39 is 0 Å². The molecule has 19 heavy (non-hydrogen) atoms. The summed E-state index contributed by atoms with van der Waals surface area (Å²) in [4.78, 5) is 0. The molecule has 0 radical (unpaired) electrons. The molecule has 0 spiro atoms. The molecule has 1 aromatic carbocycles. The van der Waals surface area contributed by atoms with E-state index in [1.807, 2.05) is 0 Å². The summed E-state index contributed by atoms with van der Waals surface area (Å²) < 4.78 is 12.2. The Morgan fingerprint density at radius 3 is 2.21 bits per heavy atom. The fourth-order valence-electron chi connectivity index (χ4n) is 2.23. The van der Waals surface area contributed by atoms with E-state index in [1.54, 1.807) is 0 Å². The van der Waals surface area contributed by atoms with E-state index in [0.29, 0.717) is 5.92 Å². The van der Waals surface area contributed by atoms with Crippen LogP contribution in [0.5, 0.6) is 0 Å². The van der Waals surface area contributed by atoms with Crippen LogP contribution < -0.4 is 5.46 Å². The summed E-state index contributed by atoms with van der Waals surface area (Å²) in [6.07, 6.45) is 1.15. The Hall–Kier alpha value is -0.795. The molecule has 1 heterocycles. The van der Waals surface area contributed by atoms with Crippen molar-refractivity contribution in [3.05, 3.63) is 29.8 Å². The van der Waals surface area contributed by atoms with E-state index in [1.165, 1.54) is 5.56 Å². The minimum atomic E-state index is -0.274. The first kappa shape index (κ1) is 14.6. The number of benzene rings is 1. The predicted octanol–water partition coefficient (Wildman–Crippen LogP) is 3.50. The molecular weight excluding hydrogens is 235 g/mol. The quantitative estimate of drug-likeness (QED) is 0.774.